The van der Waals surface area contributed by atoms with Crippen molar-refractivity contribution in [3.63, 3.8) is 0 Å². The lowest BCUT2D eigenvalue weighted by atomic mass is 9.92. The molecule has 3 atom stereocenters. The van der Waals surface area contributed by atoms with Crippen molar-refractivity contribution in [2.75, 3.05) is 11.9 Å². The number of ether oxygens (including phenoxy) is 2. The Morgan fingerprint density at radius 2 is 1.82 bits per heavy atom. The Kier molecular flexibility index (Phi) is 12.0. The number of carboxylic acid groups (broad SMARTS) is 2. The van der Waals surface area contributed by atoms with E-state index in [-0.39, 0.29) is 17.6 Å². The number of nitrogens with one attached hydrogen (secondary N) is 2. The van der Waals surface area contributed by atoms with E-state index in [4.69, 9.17) is 14.9 Å². The van der Waals surface area contributed by atoms with Crippen LogP contribution >= 0.6 is 0 Å². The van der Waals surface area contributed by atoms with Crippen molar-refractivity contribution in [1.29, 1.82) is 0 Å². The maximum atomic E-state index is 13.7. The number of imidazole rings is 1. The molecule has 1 aromatic carbocycles. The number of anilines is 2. The van der Waals surface area contributed by atoms with Gasteiger partial charge in [0.15, 0.2) is 17.7 Å². The molecule has 0 radical (unpaired) electrons. The number of aliphatic hydroxyl groups is 1. The number of fused-ring (bicyclic) bond motifs is 1. The standard InChI is InChI=1S/C31H34F3N7O8.H2O/c1-40-16-37-27-21(38-24-9-11-41(39-24)25-4-2-3-10-35-25)12-19(13-22(27)40)48-18-7-5-17(6-8-18)36-15-23(31(32,33)34)49-30(47)28(44)20(29(45)46)14-26(42)43;/h2-4,9-13,16-18,20,23,28,36,44H,5-8,14-15H2,1H3,(H,38,39)(H,42,43)(H,45,46);1H2/t17?,18?,20?,23-,28?;/m1./s1. The van der Waals surface area contributed by atoms with Crippen molar-refractivity contribution in [2.24, 2.45) is 13.0 Å². The molecule has 270 valence electrons. The second-order valence-corrected chi connectivity index (χ2v) is 11.6. The van der Waals surface area contributed by atoms with Crippen molar-refractivity contribution in [1.82, 2.24) is 29.6 Å². The summed E-state index contributed by atoms with van der Waals surface area (Å²) < 4.78 is 55.3. The summed E-state index contributed by atoms with van der Waals surface area (Å²) in [5.41, 5.74) is 2.16. The van der Waals surface area contributed by atoms with Gasteiger partial charge in [-0.05, 0) is 37.8 Å². The summed E-state index contributed by atoms with van der Waals surface area (Å²) in [5, 5.41) is 38.4. The highest BCUT2D eigenvalue weighted by Crippen LogP contribution is 2.33. The quantitative estimate of drug-likeness (QED) is 0.119. The third-order valence-corrected chi connectivity index (χ3v) is 8.07. The topological polar surface area (TPSA) is 234 Å². The summed E-state index contributed by atoms with van der Waals surface area (Å²) in [5.74, 6) is -5.82. The third-order valence-electron chi connectivity index (χ3n) is 8.07. The lowest BCUT2D eigenvalue weighted by Crippen LogP contribution is -2.48. The molecule has 0 bridgehead atoms. The number of carbonyl (C=O) groups is 3. The van der Waals surface area contributed by atoms with Gasteiger partial charge in [0.1, 0.15) is 17.2 Å². The number of carboxylic acids is 2. The molecule has 3 aromatic heterocycles. The van der Waals surface area contributed by atoms with Gasteiger partial charge in [-0.3, -0.25) is 9.59 Å². The number of hydrogen-bond acceptors (Lipinski definition) is 11. The Balaban J connectivity index is 0.00000562. The summed E-state index contributed by atoms with van der Waals surface area (Å²) in [6.45, 7) is -0.850. The first kappa shape index (κ1) is 37.5. The van der Waals surface area contributed by atoms with Crippen LogP contribution < -0.4 is 15.4 Å². The molecule has 50 heavy (non-hydrogen) atoms. The average Bonchev–Trinajstić information content (AvgIpc) is 3.68. The normalized spacial score (nSPS) is 18.0. The number of aliphatic hydroxyl groups excluding tert-OH is 1. The molecular formula is C31H36F3N7O9. The van der Waals surface area contributed by atoms with Crippen molar-refractivity contribution in [2.45, 2.75) is 62.6 Å². The van der Waals surface area contributed by atoms with E-state index in [1.54, 1.807) is 29.5 Å². The molecule has 1 fully saturated rings. The minimum atomic E-state index is -5.04. The van der Waals surface area contributed by atoms with Gasteiger partial charge in [-0.1, -0.05) is 6.07 Å². The van der Waals surface area contributed by atoms with Crippen LogP contribution in [-0.4, -0.2) is 100 Å². The van der Waals surface area contributed by atoms with E-state index >= 15 is 0 Å². The zero-order valence-electron chi connectivity index (χ0n) is 26.6. The molecule has 0 aliphatic heterocycles. The molecule has 7 N–H and O–H groups in total. The Morgan fingerprint density at radius 3 is 2.46 bits per heavy atom. The summed E-state index contributed by atoms with van der Waals surface area (Å²) >= 11 is 0. The predicted molar refractivity (Wildman–Crippen MR) is 169 cm³/mol. The molecule has 19 heteroatoms. The Hall–Kier alpha value is -5.27. The van der Waals surface area contributed by atoms with Gasteiger partial charge in [-0.2, -0.15) is 13.2 Å². The van der Waals surface area contributed by atoms with E-state index in [0.717, 1.165) is 5.52 Å². The number of aryl methyl sites for hydroxylation is 1. The van der Waals surface area contributed by atoms with Crippen LogP contribution in [0, 0.1) is 5.92 Å². The largest absolute Gasteiger partial charge is 0.490 e. The van der Waals surface area contributed by atoms with Gasteiger partial charge >= 0.3 is 24.1 Å². The number of pyridine rings is 1. The van der Waals surface area contributed by atoms with Gasteiger partial charge < -0.3 is 45.5 Å². The molecule has 1 saturated carbocycles. The summed E-state index contributed by atoms with van der Waals surface area (Å²) in [4.78, 5) is 43.1. The van der Waals surface area contributed by atoms with Crippen LogP contribution in [-0.2, 0) is 26.2 Å². The second-order valence-electron chi connectivity index (χ2n) is 11.6. The predicted octanol–water partition coefficient (Wildman–Crippen LogP) is 2.36. The van der Waals surface area contributed by atoms with E-state index in [2.05, 4.69) is 30.4 Å². The fraction of sp³-hybridized carbons (Fsp3) is 0.419. The first-order chi connectivity index (χ1) is 23.3. The van der Waals surface area contributed by atoms with Gasteiger partial charge in [-0.25, -0.2) is 19.4 Å². The molecule has 5 rings (SSSR count). The minimum Gasteiger partial charge on any atom is -0.490 e. The van der Waals surface area contributed by atoms with Crippen molar-refractivity contribution >= 4 is 40.4 Å². The number of nitrogens with zero attached hydrogens (tertiary/aromatic N) is 5. The van der Waals surface area contributed by atoms with Crippen molar-refractivity contribution in [3.8, 4) is 11.6 Å². The van der Waals surface area contributed by atoms with Gasteiger partial charge in [0.2, 0.25) is 6.10 Å². The average molecular weight is 708 g/mol. The monoisotopic (exact) mass is 707 g/mol. The third kappa shape index (κ3) is 9.24. The lowest BCUT2D eigenvalue weighted by molar-refractivity contribution is -0.225. The molecule has 0 amide bonds. The fourth-order valence-corrected chi connectivity index (χ4v) is 5.48. The Labute approximate surface area is 282 Å². The number of alkyl halides is 3. The van der Waals surface area contributed by atoms with Crippen molar-refractivity contribution < 1.29 is 57.8 Å². The molecular weight excluding hydrogens is 671 g/mol. The fourth-order valence-electron chi connectivity index (χ4n) is 5.48. The highest BCUT2D eigenvalue weighted by molar-refractivity contribution is 5.91. The molecule has 4 aromatic rings. The van der Waals surface area contributed by atoms with E-state index in [1.807, 2.05) is 41.9 Å². The minimum absolute atomic E-state index is 0. The van der Waals surface area contributed by atoms with Gasteiger partial charge in [0, 0.05) is 50.2 Å². The molecule has 1 aliphatic carbocycles. The van der Waals surface area contributed by atoms with Crippen LogP contribution in [0.25, 0.3) is 16.9 Å². The molecule has 3 heterocycles. The zero-order chi connectivity index (χ0) is 35.3. The van der Waals surface area contributed by atoms with Crippen LogP contribution in [0.4, 0.5) is 24.7 Å². The van der Waals surface area contributed by atoms with Gasteiger partial charge in [0.05, 0.1) is 30.1 Å². The SMILES string of the molecule is Cn1cnc2c(Nc3ccn(-c4ccccn4)n3)cc(OC3CCC(NC[C@@H](OC(=O)C(O)C(CC(=O)O)C(=O)O)C(F)(F)F)CC3)cc21.O. The van der Waals surface area contributed by atoms with E-state index in [1.165, 1.54) is 0 Å². The van der Waals surface area contributed by atoms with Crippen LogP contribution in [0.3, 0.4) is 0 Å². The zero-order valence-corrected chi connectivity index (χ0v) is 26.6. The number of benzene rings is 1. The number of aliphatic carboxylic acids is 2. The van der Waals surface area contributed by atoms with E-state index in [9.17, 15) is 32.7 Å². The summed E-state index contributed by atoms with van der Waals surface area (Å²) in [6.07, 6.45) is -4.76. The highest BCUT2D eigenvalue weighted by atomic mass is 19.4. The summed E-state index contributed by atoms with van der Waals surface area (Å²) in [7, 11) is 1.85. The number of esters is 1. The van der Waals surface area contributed by atoms with Crippen LogP contribution in [0.15, 0.2) is 55.1 Å². The summed E-state index contributed by atoms with van der Waals surface area (Å²) in [6, 6.07) is 10.6. The van der Waals surface area contributed by atoms with Gasteiger partial charge in [0.25, 0.3) is 0 Å². The first-order valence-corrected chi connectivity index (χ1v) is 15.3. The smallest absolute Gasteiger partial charge is 0.426 e. The highest BCUT2D eigenvalue weighted by Gasteiger charge is 2.45. The Bertz CT molecular complexity index is 1780. The number of rotatable bonds is 14. The first-order valence-electron chi connectivity index (χ1n) is 15.3. The Morgan fingerprint density at radius 1 is 1.08 bits per heavy atom. The maximum absolute atomic E-state index is 13.7. The number of hydrogen-bond donors (Lipinski definition) is 5. The second kappa shape index (κ2) is 16.0. The van der Waals surface area contributed by atoms with Crippen LogP contribution in [0.2, 0.25) is 0 Å². The van der Waals surface area contributed by atoms with Crippen LogP contribution in [0.5, 0.6) is 5.75 Å². The van der Waals surface area contributed by atoms with Gasteiger partial charge in [-0.15, -0.1) is 5.10 Å². The molecule has 2 unspecified atom stereocenters. The van der Waals surface area contributed by atoms with E-state index in [0.29, 0.717) is 54.3 Å². The van der Waals surface area contributed by atoms with E-state index < -0.39 is 55.2 Å². The molecule has 0 saturated heterocycles. The molecule has 16 nitrogen and oxygen atoms in total. The number of halogens is 3. The molecule has 0 spiro atoms. The van der Waals surface area contributed by atoms with Crippen LogP contribution in [0.1, 0.15) is 32.1 Å². The maximum Gasteiger partial charge on any atom is 0.426 e. The molecule has 1 aliphatic rings. The number of carbonyl (C=O) groups excluding carboxylic acids is 1. The van der Waals surface area contributed by atoms with Crippen molar-refractivity contribution in [3.05, 3.63) is 55.1 Å². The number of aromatic nitrogens is 5. The lowest BCUT2D eigenvalue weighted by Gasteiger charge is -2.31.